The van der Waals surface area contributed by atoms with E-state index in [0.29, 0.717) is 17.9 Å². The molecule has 1 aromatic rings. The number of hydrogen-bond acceptors (Lipinski definition) is 2. The molecule has 1 rings (SSSR count). The molecule has 0 aliphatic heterocycles. The molecule has 1 unspecified atom stereocenters. The van der Waals surface area contributed by atoms with Gasteiger partial charge in [-0.1, -0.05) is 32.4 Å². The number of halogens is 1. The standard InChI is InChI=1S/C14H21ClO2/c1-5-14(16,10(2)3)9-11-8-12(15)6-7-13(11)17-4/h6-8,10,16H,5,9H2,1-4H3. The summed E-state index contributed by atoms with van der Waals surface area (Å²) >= 11 is 5.99. The molecule has 0 saturated heterocycles. The van der Waals surface area contributed by atoms with Crippen LogP contribution in [-0.4, -0.2) is 17.8 Å². The van der Waals surface area contributed by atoms with E-state index in [1.165, 1.54) is 0 Å². The number of rotatable bonds is 5. The van der Waals surface area contributed by atoms with E-state index in [2.05, 4.69) is 0 Å². The highest BCUT2D eigenvalue weighted by atomic mass is 35.5. The Bertz CT molecular complexity index is 376. The third-order valence-corrected chi connectivity index (χ3v) is 3.66. The first-order chi connectivity index (χ1) is 7.92. The highest BCUT2D eigenvalue weighted by Gasteiger charge is 2.30. The van der Waals surface area contributed by atoms with Gasteiger partial charge < -0.3 is 9.84 Å². The van der Waals surface area contributed by atoms with Gasteiger partial charge in [-0.3, -0.25) is 0 Å². The Balaban J connectivity index is 3.04. The van der Waals surface area contributed by atoms with Crippen LogP contribution in [0, 0.1) is 5.92 Å². The van der Waals surface area contributed by atoms with Crippen LogP contribution in [0.15, 0.2) is 18.2 Å². The van der Waals surface area contributed by atoms with E-state index in [0.717, 1.165) is 11.3 Å². The van der Waals surface area contributed by atoms with Crippen LogP contribution in [0.4, 0.5) is 0 Å². The zero-order chi connectivity index (χ0) is 13.1. The van der Waals surface area contributed by atoms with Gasteiger partial charge in [0.25, 0.3) is 0 Å². The van der Waals surface area contributed by atoms with Gasteiger partial charge in [-0.05, 0) is 36.1 Å². The maximum atomic E-state index is 10.6. The van der Waals surface area contributed by atoms with Gasteiger partial charge in [-0.15, -0.1) is 0 Å². The molecule has 0 spiro atoms. The SMILES string of the molecule is CCC(O)(Cc1cc(Cl)ccc1OC)C(C)C. The van der Waals surface area contributed by atoms with E-state index < -0.39 is 5.60 Å². The second-order valence-corrected chi connectivity index (χ2v) is 5.18. The zero-order valence-electron chi connectivity index (χ0n) is 11.0. The Hall–Kier alpha value is -0.730. The minimum Gasteiger partial charge on any atom is -0.496 e. The lowest BCUT2D eigenvalue weighted by Gasteiger charge is -2.31. The van der Waals surface area contributed by atoms with Gasteiger partial charge in [-0.2, -0.15) is 0 Å². The maximum absolute atomic E-state index is 10.6. The summed E-state index contributed by atoms with van der Waals surface area (Å²) in [7, 11) is 1.63. The van der Waals surface area contributed by atoms with Crippen LogP contribution in [0.3, 0.4) is 0 Å². The average molecular weight is 257 g/mol. The van der Waals surface area contributed by atoms with Crippen molar-refractivity contribution in [2.24, 2.45) is 5.92 Å². The van der Waals surface area contributed by atoms with Crippen LogP contribution in [0.1, 0.15) is 32.8 Å². The van der Waals surface area contributed by atoms with E-state index >= 15 is 0 Å². The fourth-order valence-corrected chi connectivity index (χ4v) is 2.15. The first kappa shape index (κ1) is 14.3. The lowest BCUT2D eigenvalue weighted by atomic mass is 9.82. The van der Waals surface area contributed by atoms with Crippen molar-refractivity contribution >= 4 is 11.6 Å². The van der Waals surface area contributed by atoms with Gasteiger partial charge in [-0.25, -0.2) is 0 Å². The van der Waals surface area contributed by atoms with Gasteiger partial charge in [0.2, 0.25) is 0 Å². The van der Waals surface area contributed by atoms with Crippen LogP contribution in [0.5, 0.6) is 5.75 Å². The smallest absolute Gasteiger partial charge is 0.122 e. The third kappa shape index (κ3) is 3.36. The van der Waals surface area contributed by atoms with Crippen molar-refractivity contribution in [3.05, 3.63) is 28.8 Å². The minimum absolute atomic E-state index is 0.191. The monoisotopic (exact) mass is 256 g/mol. The molecular formula is C14H21ClO2. The van der Waals surface area contributed by atoms with Gasteiger partial charge >= 0.3 is 0 Å². The molecule has 0 radical (unpaired) electrons. The quantitative estimate of drug-likeness (QED) is 0.871. The maximum Gasteiger partial charge on any atom is 0.122 e. The molecule has 0 heterocycles. The van der Waals surface area contributed by atoms with E-state index in [9.17, 15) is 5.11 Å². The summed E-state index contributed by atoms with van der Waals surface area (Å²) in [6.07, 6.45) is 1.27. The number of ether oxygens (including phenoxy) is 1. The fraction of sp³-hybridized carbons (Fsp3) is 0.571. The highest BCUT2D eigenvalue weighted by molar-refractivity contribution is 6.30. The first-order valence-corrected chi connectivity index (χ1v) is 6.35. The Morgan fingerprint density at radius 2 is 2.06 bits per heavy atom. The van der Waals surface area contributed by atoms with Crippen molar-refractivity contribution in [2.45, 2.75) is 39.2 Å². The van der Waals surface area contributed by atoms with E-state index in [4.69, 9.17) is 16.3 Å². The molecule has 1 aromatic carbocycles. The molecule has 96 valence electrons. The summed E-state index contributed by atoms with van der Waals surface area (Å²) in [6.45, 7) is 6.05. The van der Waals surface area contributed by atoms with Crippen molar-refractivity contribution in [3.8, 4) is 5.75 Å². The van der Waals surface area contributed by atoms with Crippen LogP contribution in [0.2, 0.25) is 5.02 Å². The lowest BCUT2D eigenvalue weighted by Crippen LogP contribution is -2.36. The molecule has 0 aromatic heterocycles. The predicted molar refractivity (Wildman–Crippen MR) is 71.8 cm³/mol. The Morgan fingerprint density at radius 3 is 2.53 bits per heavy atom. The van der Waals surface area contributed by atoms with Crippen LogP contribution in [-0.2, 0) is 6.42 Å². The minimum atomic E-state index is -0.710. The number of methoxy groups -OCH3 is 1. The number of aliphatic hydroxyl groups is 1. The van der Waals surface area contributed by atoms with E-state index in [1.807, 2.05) is 32.9 Å². The van der Waals surface area contributed by atoms with E-state index in [-0.39, 0.29) is 5.92 Å². The van der Waals surface area contributed by atoms with Crippen molar-refractivity contribution in [1.29, 1.82) is 0 Å². The van der Waals surface area contributed by atoms with Crippen molar-refractivity contribution in [2.75, 3.05) is 7.11 Å². The third-order valence-electron chi connectivity index (χ3n) is 3.43. The summed E-state index contributed by atoms with van der Waals surface area (Å²) in [6, 6.07) is 5.50. The summed E-state index contributed by atoms with van der Waals surface area (Å²) in [4.78, 5) is 0. The second-order valence-electron chi connectivity index (χ2n) is 4.74. The Kier molecular flexibility index (Phi) is 4.84. The molecule has 0 fully saturated rings. The Morgan fingerprint density at radius 1 is 1.41 bits per heavy atom. The number of hydrogen-bond donors (Lipinski definition) is 1. The predicted octanol–water partition coefficient (Wildman–Crippen LogP) is 3.69. The summed E-state index contributed by atoms with van der Waals surface area (Å²) in [5.41, 5.74) is 0.246. The molecule has 2 nitrogen and oxygen atoms in total. The number of benzene rings is 1. The molecular weight excluding hydrogens is 236 g/mol. The molecule has 0 saturated carbocycles. The normalized spacial score (nSPS) is 14.8. The molecule has 0 bridgehead atoms. The molecule has 0 amide bonds. The van der Waals surface area contributed by atoms with Crippen LogP contribution in [0.25, 0.3) is 0 Å². The fourth-order valence-electron chi connectivity index (χ4n) is 1.95. The van der Waals surface area contributed by atoms with Crippen LogP contribution >= 0.6 is 11.6 Å². The van der Waals surface area contributed by atoms with E-state index in [1.54, 1.807) is 13.2 Å². The summed E-state index contributed by atoms with van der Waals surface area (Å²) in [5.74, 6) is 0.970. The molecule has 3 heteroatoms. The van der Waals surface area contributed by atoms with Crippen molar-refractivity contribution in [1.82, 2.24) is 0 Å². The topological polar surface area (TPSA) is 29.5 Å². The molecule has 0 aliphatic rings. The molecule has 17 heavy (non-hydrogen) atoms. The summed E-state index contributed by atoms with van der Waals surface area (Å²) < 4.78 is 5.30. The molecule has 0 aliphatic carbocycles. The van der Waals surface area contributed by atoms with Crippen molar-refractivity contribution in [3.63, 3.8) is 0 Å². The van der Waals surface area contributed by atoms with Gasteiger partial charge in [0.15, 0.2) is 0 Å². The average Bonchev–Trinajstić information content (AvgIpc) is 2.29. The largest absolute Gasteiger partial charge is 0.496 e. The zero-order valence-corrected chi connectivity index (χ0v) is 11.7. The van der Waals surface area contributed by atoms with Crippen LogP contribution < -0.4 is 4.74 Å². The summed E-state index contributed by atoms with van der Waals surface area (Å²) in [5, 5.41) is 11.2. The Labute approximate surface area is 109 Å². The van der Waals surface area contributed by atoms with Crippen molar-refractivity contribution < 1.29 is 9.84 Å². The van der Waals surface area contributed by atoms with Gasteiger partial charge in [0.1, 0.15) is 5.75 Å². The molecule has 1 atom stereocenters. The first-order valence-electron chi connectivity index (χ1n) is 5.97. The lowest BCUT2D eigenvalue weighted by molar-refractivity contribution is -0.00870. The molecule has 1 N–H and O–H groups in total. The highest BCUT2D eigenvalue weighted by Crippen LogP contribution is 2.31. The van der Waals surface area contributed by atoms with Gasteiger partial charge in [0, 0.05) is 11.4 Å². The second kappa shape index (κ2) is 5.74. The van der Waals surface area contributed by atoms with Gasteiger partial charge in [0.05, 0.1) is 12.7 Å².